The molecule has 26 heavy (non-hydrogen) atoms. The maximum Gasteiger partial charge on any atom is 0.393 e. The predicted octanol–water partition coefficient (Wildman–Crippen LogP) is 3.73. The summed E-state index contributed by atoms with van der Waals surface area (Å²) >= 11 is 0. The van der Waals surface area contributed by atoms with Crippen molar-refractivity contribution in [1.82, 2.24) is 20.1 Å². The van der Waals surface area contributed by atoms with Gasteiger partial charge < -0.3 is 9.88 Å². The lowest BCUT2D eigenvalue weighted by molar-refractivity contribution is -0.182. The summed E-state index contributed by atoms with van der Waals surface area (Å²) < 4.78 is 40.3. The number of fused-ring (bicyclic) bond motifs is 1. The van der Waals surface area contributed by atoms with Crippen molar-refractivity contribution in [3.05, 3.63) is 11.6 Å². The van der Waals surface area contributed by atoms with Gasteiger partial charge in [-0.25, -0.2) is 0 Å². The summed E-state index contributed by atoms with van der Waals surface area (Å²) in [5.74, 6) is 0.739. The van der Waals surface area contributed by atoms with Gasteiger partial charge in [0.2, 0.25) is 5.91 Å². The van der Waals surface area contributed by atoms with Crippen LogP contribution >= 0.6 is 21.6 Å². The Balaban J connectivity index is 1.41. The van der Waals surface area contributed by atoms with Crippen molar-refractivity contribution in [2.45, 2.75) is 69.5 Å². The van der Waals surface area contributed by atoms with E-state index in [0.717, 1.165) is 19.3 Å². The van der Waals surface area contributed by atoms with Crippen molar-refractivity contribution < 1.29 is 18.0 Å². The molecule has 3 rings (SSSR count). The first kappa shape index (κ1) is 19.9. The lowest BCUT2D eigenvalue weighted by atomic mass is 9.99. The van der Waals surface area contributed by atoms with Gasteiger partial charge in [0.05, 0.1) is 12.5 Å². The van der Waals surface area contributed by atoms with Crippen LogP contribution in [-0.2, 0) is 24.3 Å². The van der Waals surface area contributed by atoms with Crippen molar-refractivity contribution in [3.63, 3.8) is 0 Å². The number of rotatable bonds is 7. The molecule has 0 radical (unpaired) electrons. The number of hydrogen-bond acceptors (Lipinski definition) is 5. The van der Waals surface area contributed by atoms with Gasteiger partial charge >= 0.3 is 6.18 Å². The molecule has 3 heterocycles. The van der Waals surface area contributed by atoms with E-state index in [1.54, 1.807) is 0 Å². The van der Waals surface area contributed by atoms with Crippen molar-refractivity contribution in [2.24, 2.45) is 5.92 Å². The minimum Gasteiger partial charge on any atom is -0.349 e. The molecular weight excluding hydrogens is 385 g/mol. The van der Waals surface area contributed by atoms with Crippen LogP contribution in [0.2, 0.25) is 0 Å². The summed E-state index contributed by atoms with van der Waals surface area (Å²) in [4.78, 5) is 12.0. The second-order valence-corrected chi connectivity index (χ2v) is 9.56. The minimum absolute atomic E-state index is 0.0474. The summed E-state index contributed by atoms with van der Waals surface area (Å²) in [5.41, 5.74) is 0. The quantitative estimate of drug-likeness (QED) is 0.550. The topological polar surface area (TPSA) is 59.8 Å². The van der Waals surface area contributed by atoms with E-state index in [2.05, 4.69) is 15.5 Å². The molecule has 0 saturated carbocycles. The van der Waals surface area contributed by atoms with Crippen molar-refractivity contribution in [3.8, 4) is 0 Å². The molecule has 2 aliphatic rings. The highest BCUT2D eigenvalue weighted by atomic mass is 33.1. The molecule has 10 heteroatoms. The second kappa shape index (κ2) is 8.86. The first-order chi connectivity index (χ1) is 12.4. The summed E-state index contributed by atoms with van der Waals surface area (Å²) in [6.45, 7) is -0.0281. The number of unbranched alkanes of at least 4 members (excludes halogenated alkanes) is 1. The maximum atomic E-state index is 12.9. The van der Waals surface area contributed by atoms with Gasteiger partial charge in [-0.05, 0) is 25.7 Å². The SMILES string of the molecule is O=C(CCCC[C@@H]1CCSS1)NCc1nnc2n1C[C@@H](C(F)(F)F)CC2. The number of halogens is 3. The van der Waals surface area contributed by atoms with Crippen LogP contribution in [0.25, 0.3) is 0 Å². The smallest absolute Gasteiger partial charge is 0.349 e. The Morgan fingerprint density at radius 3 is 2.85 bits per heavy atom. The van der Waals surface area contributed by atoms with Gasteiger partial charge in [0.15, 0.2) is 5.82 Å². The largest absolute Gasteiger partial charge is 0.393 e. The molecule has 1 fully saturated rings. The Morgan fingerprint density at radius 1 is 1.27 bits per heavy atom. The molecule has 1 aromatic heterocycles. The van der Waals surface area contributed by atoms with Crippen molar-refractivity contribution in [2.75, 3.05) is 5.75 Å². The van der Waals surface area contributed by atoms with Gasteiger partial charge in [-0.2, -0.15) is 13.2 Å². The van der Waals surface area contributed by atoms with Crippen LogP contribution in [-0.4, -0.2) is 37.9 Å². The molecule has 0 aromatic carbocycles. The summed E-state index contributed by atoms with van der Waals surface area (Å²) in [6, 6.07) is 0. The van der Waals surface area contributed by atoms with E-state index in [-0.39, 0.29) is 31.8 Å². The van der Waals surface area contributed by atoms with Gasteiger partial charge in [0, 0.05) is 30.4 Å². The highest BCUT2D eigenvalue weighted by Gasteiger charge is 2.42. The summed E-state index contributed by atoms with van der Waals surface area (Å²) in [6.07, 6.45) is 0.796. The fourth-order valence-electron chi connectivity index (χ4n) is 3.27. The van der Waals surface area contributed by atoms with E-state index >= 15 is 0 Å². The molecule has 0 unspecified atom stereocenters. The lowest BCUT2D eigenvalue weighted by Crippen LogP contribution is -2.33. The van der Waals surface area contributed by atoms with Crippen LogP contribution in [0.4, 0.5) is 13.2 Å². The Labute approximate surface area is 158 Å². The van der Waals surface area contributed by atoms with Crippen molar-refractivity contribution >= 4 is 27.5 Å². The third kappa shape index (κ3) is 5.31. The highest BCUT2D eigenvalue weighted by molar-refractivity contribution is 8.77. The van der Waals surface area contributed by atoms with Gasteiger partial charge in [0.25, 0.3) is 0 Å². The zero-order chi connectivity index (χ0) is 18.6. The molecule has 0 spiro atoms. The molecular formula is C16H23F3N4OS2. The zero-order valence-corrected chi connectivity index (χ0v) is 16.1. The van der Waals surface area contributed by atoms with Gasteiger partial charge in [-0.1, -0.05) is 28.0 Å². The Morgan fingerprint density at radius 2 is 2.12 bits per heavy atom. The molecule has 5 nitrogen and oxygen atoms in total. The van der Waals surface area contributed by atoms with E-state index in [1.165, 1.54) is 16.7 Å². The average Bonchev–Trinajstić information content (AvgIpc) is 3.25. The van der Waals surface area contributed by atoms with Crippen LogP contribution in [0.15, 0.2) is 0 Å². The van der Waals surface area contributed by atoms with E-state index in [1.807, 2.05) is 21.6 Å². The number of aromatic nitrogens is 3. The molecule has 1 amide bonds. The molecule has 0 aliphatic carbocycles. The van der Waals surface area contributed by atoms with Gasteiger partial charge in [-0.3, -0.25) is 4.79 Å². The van der Waals surface area contributed by atoms with E-state index in [4.69, 9.17) is 0 Å². The standard InChI is InChI=1S/C16H23F3N4OS2/c17-16(18,19)11-5-6-13-21-22-14(23(13)10-11)9-20-15(24)4-2-1-3-12-7-8-25-26-12/h11-12H,1-10H2,(H,20,24)/t11-,12+/m0/s1. The average molecular weight is 409 g/mol. The maximum absolute atomic E-state index is 12.9. The molecule has 1 N–H and O–H groups in total. The van der Waals surface area contributed by atoms with Gasteiger partial charge in [-0.15, -0.1) is 10.2 Å². The first-order valence-electron chi connectivity index (χ1n) is 8.96. The zero-order valence-electron chi connectivity index (χ0n) is 14.4. The normalized spacial score (nSPS) is 23.0. The number of carbonyl (C=O) groups is 1. The monoisotopic (exact) mass is 408 g/mol. The molecule has 2 aliphatic heterocycles. The number of carbonyl (C=O) groups excluding carboxylic acids is 1. The molecule has 1 saturated heterocycles. The fraction of sp³-hybridized carbons (Fsp3) is 0.812. The summed E-state index contributed by atoms with van der Waals surface area (Å²) in [5, 5.41) is 11.4. The summed E-state index contributed by atoms with van der Waals surface area (Å²) in [7, 11) is 3.86. The fourth-order valence-corrected chi connectivity index (χ4v) is 6.30. The Hall–Kier alpha value is -0.900. The molecule has 1 aromatic rings. The Bertz CT molecular complexity index is 617. The highest BCUT2D eigenvalue weighted by Crippen LogP contribution is 2.40. The minimum atomic E-state index is -4.21. The van der Waals surface area contributed by atoms with Crippen LogP contribution in [0.1, 0.15) is 50.2 Å². The Kier molecular flexibility index (Phi) is 6.76. The van der Waals surface area contributed by atoms with Gasteiger partial charge in [0.1, 0.15) is 5.82 Å². The van der Waals surface area contributed by atoms with Crippen LogP contribution in [0.3, 0.4) is 0 Å². The number of nitrogens with zero attached hydrogens (tertiary/aromatic N) is 3. The first-order valence-corrected chi connectivity index (χ1v) is 11.3. The van der Waals surface area contributed by atoms with Crippen molar-refractivity contribution in [1.29, 1.82) is 0 Å². The van der Waals surface area contributed by atoms with E-state index in [0.29, 0.717) is 23.3 Å². The van der Waals surface area contributed by atoms with Crippen LogP contribution in [0, 0.1) is 5.92 Å². The molecule has 146 valence electrons. The number of nitrogens with one attached hydrogen (secondary N) is 1. The van der Waals surface area contributed by atoms with Crippen LogP contribution < -0.4 is 5.32 Å². The third-order valence-electron chi connectivity index (χ3n) is 4.84. The number of hydrogen-bond donors (Lipinski definition) is 1. The predicted molar refractivity (Wildman–Crippen MR) is 96.7 cm³/mol. The number of aryl methyl sites for hydroxylation is 1. The van der Waals surface area contributed by atoms with E-state index in [9.17, 15) is 18.0 Å². The lowest BCUT2D eigenvalue weighted by Gasteiger charge is -2.26. The number of alkyl halides is 3. The molecule has 0 bridgehead atoms. The number of amides is 1. The van der Waals surface area contributed by atoms with Crippen LogP contribution in [0.5, 0.6) is 0 Å². The van der Waals surface area contributed by atoms with E-state index < -0.39 is 12.1 Å². The second-order valence-electron chi connectivity index (χ2n) is 6.77. The molecule has 2 atom stereocenters. The third-order valence-corrected chi connectivity index (χ3v) is 7.84.